The summed E-state index contributed by atoms with van der Waals surface area (Å²) >= 11 is 0. The van der Waals surface area contributed by atoms with E-state index in [2.05, 4.69) is 29.2 Å². The average molecular weight is 719 g/mol. The fraction of sp³-hybridized carbons (Fsp3) is 0.600. The highest BCUT2D eigenvalue weighted by atomic mass is 16.6. The van der Waals surface area contributed by atoms with Crippen LogP contribution in [0.5, 0.6) is 0 Å². The van der Waals surface area contributed by atoms with Crippen molar-refractivity contribution in [1.29, 1.82) is 0 Å². The van der Waals surface area contributed by atoms with Crippen molar-refractivity contribution in [1.82, 2.24) is 0 Å². The standard InChI is InChI=1S/C13H16O6.C12H14O6.C10H12O4/c1-7(2)12(15)17-6-11(14)18-9-4-3-8-5-10(9)19-13(8)16;1-2-10(13)16-6-11(14)17-8-4-3-7-5-9(8)18-12(7)15;1-2-9(11)13-7-4-3-6-5-8(7)14-10(6)12/h8-10H,1,3-6H2,2H3;2,7-9H,1,3-6H2;2,6-8H,1,3-5H2. The fourth-order valence-corrected chi connectivity index (χ4v) is 6.50. The molecule has 51 heavy (non-hydrogen) atoms. The molecule has 9 atom stereocenters. The van der Waals surface area contributed by atoms with Crippen LogP contribution in [0.15, 0.2) is 37.5 Å². The van der Waals surface area contributed by atoms with Gasteiger partial charge in [0.15, 0.2) is 13.2 Å². The minimum Gasteiger partial charge on any atom is -0.458 e. The molecule has 0 aromatic rings. The summed E-state index contributed by atoms with van der Waals surface area (Å²) in [6.45, 7) is 10.5. The Morgan fingerprint density at radius 1 is 0.608 bits per heavy atom. The van der Waals surface area contributed by atoms with Crippen LogP contribution in [0.1, 0.15) is 64.7 Å². The summed E-state index contributed by atoms with van der Waals surface area (Å²) < 4.78 is 40.0. The van der Waals surface area contributed by atoms with Crippen LogP contribution in [0.2, 0.25) is 0 Å². The maximum Gasteiger partial charge on any atom is 0.344 e. The van der Waals surface area contributed by atoms with E-state index in [9.17, 15) is 38.4 Å². The Bertz CT molecular complexity index is 1430. The largest absolute Gasteiger partial charge is 0.458 e. The first-order chi connectivity index (χ1) is 24.3. The van der Waals surface area contributed by atoms with Crippen molar-refractivity contribution in [2.45, 2.75) is 101 Å². The van der Waals surface area contributed by atoms with Crippen LogP contribution in [0, 0.1) is 17.8 Å². The number of hydrogen-bond acceptors (Lipinski definition) is 16. The van der Waals surface area contributed by atoms with Crippen LogP contribution in [0.25, 0.3) is 0 Å². The van der Waals surface area contributed by atoms with E-state index in [0.717, 1.165) is 18.6 Å². The normalized spacial score (nSPS) is 30.5. The van der Waals surface area contributed by atoms with Gasteiger partial charge in [-0.2, -0.15) is 0 Å². The van der Waals surface area contributed by atoms with E-state index in [1.54, 1.807) is 0 Å². The van der Waals surface area contributed by atoms with Crippen molar-refractivity contribution in [3.05, 3.63) is 37.5 Å². The first-order valence-corrected chi connectivity index (χ1v) is 16.7. The molecule has 16 heteroatoms. The van der Waals surface area contributed by atoms with E-state index in [0.29, 0.717) is 51.4 Å². The van der Waals surface area contributed by atoms with E-state index in [1.807, 2.05) is 0 Å². The molecular weight excluding hydrogens is 676 g/mol. The second kappa shape index (κ2) is 17.8. The van der Waals surface area contributed by atoms with Gasteiger partial charge in [0.05, 0.1) is 17.8 Å². The molecule has 6 aliphatic rings. The van der Waals surface area contributed by atoms with Gasteiger partial charge < -0.3 is 37.9 Å². The van der Waals surface area contributed by atoms with Gasteiger partial charge in [-0.05, 0) is 45.4 Å². The number of carbonyl (C=O) groups is 8. The molecule has 3 saturated heterocycles. The molecule has 0 aromatic carbocycles. The quantitative estimate of drug-likeness (QED) is 0.179. The lowest BCUT2D eigenvalue weighted by atomic mass is 9.88. The highest BCUT2D eigenvalue weighted by molar-refractivity contribution is 5.88. The summed E-state index contributed by atoms with van der Waals surface area (Å²) in [6, 6.07) is 0. The zero-order chi connectivity index (χ0) is 37.2. The number of rotatable bonds is 10. The molecule has 16 nitrogen and oxygen atoms in total. The number of fused-ring (bicyclic) bond motifs is 6. The van der Waals surface area contributed by atoms with Crippen LogP contribution in [-0.2, 0) is 76.3 Å². The van der Waals surface area contributed by atoms with Gasteiger partial charge in [0.2, 0.25) is 0 Å². The van der Waals surface area contributed by atoms with E-state index < -0.39 is 55.3 Å². The Morgan fingerprint density at radius 3 is 1.35 bits per heavy atom. The lowest BCUT2D eigenvalue weighted by Gasteiger charge is -2.25. The van der Waals surface area contributed by atoms with E-state index >= 15 is 0 Å². The van der Waals surface area contributed by atoms with E-state index in [-0.39, 0.29) is 65.7 Å². The van der Waals surface area contributed by atoms with E-state index in [1.165, 1.54) is 6.92 Å². The SMILES string of the molecule is C=C(C)C(=O)OCC(=O)OC1CCC2CC1OC2=O.C=CC(=O)OC1CCC2CC1OC2=O.C=CC(=O)OCC(=O)OC1CCC2CC1OC2=O. The van der Waals surface area contributed by atoms with Crippen molar-refractivity contribution in [2.24, 2.45) is 17.8 Å². The first kappa shape index (κ1) is 38.8. The lowest BCUT2D eigenvalue weighted by Crippen LogP contribution is -2.34. The second-order valence-electron chi connectivity index (χ2n) is 12.9. The predicted molar refractivity (Wildman–Crippen MR) is 168 cm³/mol. The fourth-order valence-electron chi connectivity index (χ4n) is 6.50. The molecular formula is C35H42O16. The molecule has 3 aliphatic heterocycles. The smallest absolute Gasteiger partial charge is 0.344 e. The molecule has 0 N–H and O–H groups in total. The summed E-state index contributed by atoms with van der Waals surface area (Å²) in [6.07, 6.45) is 5.91. The van der Waals surface area contributed by atoms with Crippen LogP contribution in [0.3, 0.4) is 0 Å². The predicted octanol–water partition coefficient (Wildman–Crippen LogP) is 1.91. The summed E-state index contributed by atoms with van der Waals surface area (Å²) in [5.41, 5.74) is 0.220. The second-order valence-corrected chi connectivity index (χ2v) is 12.9. The summed E-state index contributed by atoms with van der Waals surface area (Å²) in [5, 5.41) is 0. The Hall–Kier alpha value is -5.02. The minimum atomic E-state index is -0.678. The summed E-state index contributed by atoms with van der Waals surface area (Å²) in [4.78, 5) is 89.6. The Kier molecular flexibility index (Phi) is 13.5. The van der Waals surface area contributed by atoms with Gasteiger partial charge in [-0.3, -0.25) is 14.4 Å². The Morgan fingerprint density at radius 2 is 0.980 bits per heavy atom. The third-order valence-electron chi connectivity index (χ3n) is 9.16. The van der Waals surface area contributed by atoms with Gasteiger partial charge in [-0.1, -0.05) is 19.7 Å². The van der Waals surface area contributed by atoms with Crippen LogP contribution in [0.4, 0.5) is 0 Å². The minimum absolute atomic E-state index is 0.0266. The molecule has 0 spiro atoms. The topological polar surface area (TPSA) is 210 Å². The molecule has 3 heterocycles. The van der Waals surface area contributed by atoms with Gasteiger partial charge in [-0.15, -0.1) is 0 Å². The summed E-state index contributed by atoms with van der Waals surface area (Å²) in [7, 11) is 0. The zero-order valence-corrected chi connectivity index (χ0v) is 28.3. The third kappa shape index (κ3) is 10.7. The molecule has 6 bridgehead atoms. The monoisotopic (exact) mass is 718 g/mol. The van der Waals surface area contributed by atoms with Crippen molar-refractivity contribution >= 4 is 47.8 Å². The Labute approximate surface area is 293 Å². The third-order valence-corrected chi connectivity index (χ3v) is 9.16. The summed E-state index contributed by atoms with van der Waals surface area (Å²) in [5.74, 6) is -3.69. The maximum absolute atomic E-state index is 11.5. The number of ether oxygens (including phenoxy) is 8. The molecule has 6 fully saturated rings. The lowest BCUT2D eigenvalue weighted by molar-refractivity contribution is -0.167. The Balaban J connectivity index is 0.000000173. The molecule has 278 valence electrons. The zero-order valence-electron chi connectivity index (χ0n) is 28.3. The molecule has 0 radical (unpaired) electrons. The van der Waals surface area contributed by atoms with Crippen molar-refractivity contribution < 1.29 is 76.3 Å². The number of esters is 8. The van der Waals surface area contributed by atoms with Gasteiger partial charge in [0, 0.05) is 37.0 Å². The maximum atomic E-state index is 11.5. The van der Waals surface area contributed by atoms with Crippen molar-refractivity contribution in [3.63, 3.8) is 0 Å². The molecule has 6 rings (SSSR count). The van der Waals surface area contributed by atoms with Gasteiger partial charge in [0.1, 0.15) is 36.6 Å². The van der Waals surface area contributed by atoms with Crippen molar-refractivity contribution in [2.75, 3.05) is 13.2 Å². The molecule has 0 amide bonds. The first-order valence-electron chi connectivity index (χ1n) is 16.7. The van der Waals surface area contributed by atoms with Gasteiger partial charge in [0.25, 0.3) is 0 Å². The van der Waals surface area contributed by atoms with Crippen LogP contribution >= 0.6 is 0 Å². The average Bonchev–Trinajstić information content (AvgIpc) is 3.71. The van der Waals surface area contributed by atoms with Gasteiger partial charge >= 0.3 is 47.8 Å². The van der Waals surface area contributed by atoms with E-state index in [4.69, 9.17) is 28.4 Å². The highest BCUT2D eigenvalue weighted by Crippen LogP contribution is 2.37. The molecule has 3 saturated carbocycles. The molecule has 9 unspecified atom stereocenters. The number of carbonyl (C=O) groups excluding carboxylic acids is 8. The highest BCUT2D eigenvalue weighted by Gasteiger charge is 2.47. The van der Waals surface area contributed by atoms with Crippen LogP contribution < -0.4 is 0 Å². The van der Waals surface area contributed by atoms with Crippen LogP contribution in [-0.4, -0.2) is 97.6 Å². The van der Waals surface area contributed by atoms with Gasteiger partial charge in [-0.25, -0.2) is 24.0 Å². The van der Waals surface area contributed by atoms with Crippen molar-refractivity contribution in [3.8, 4) is 0 Å². The molecule has 0 aromatic heterocycles. The molecule has 3 aliphatic carbocycles. The number of hydrogen-bond donors (Lipinski definition) is 0.